The van der Waals surface area contributed by atoms with Crippen LogP contribution >= 0.6 is 0 Å². The van der Waals surface area contributed by atoms with Crippen molar-refractivity contribution in [3.8, 4) is 11.3 Å². The smallest absolute Gasteiger partial charge is 0.416 e. The zero-order valence-corrected chi connectivity index (χ0v) is 20.8. The number of furan rings is 1. The minimum absolute atomic E-state index is 0.297. The lowest BCUT2D eigenvalue weighted by molar-refractivity contribution is -0.137. The van der Waals surface area contributed by atoms with E-state index in [-0.39, 0.29) is 0 Å². The van der Waals surface area contributed by atoms with E-state index in [0.29, 0.717) is 41.7 Å². The molecular weight excluding hydrogens is 479 g/mol. The zero-order valence-electron chi connectivity index (χ0n) is 20.8. The Labute approximate surface area is 213 Å². The summed E-state index contributed by atoms with van der Waals surface area (Å²) in [7, 11) is 3.97. The van der Waals surface area contributed by atoms with Gasteiger partial charge in [0.15, 0.2) is 0 Å². The monoisotopic (exact) mass is 509 g/mol. The van der Waals surface area contributed by atoms with Gasteiger partial charge in [-0.15, -0.1) is 0 Å². The number of rotatable bonds is 7. The van der Waals surface area contributed by atoms with Gasteiger partial charge in [-0.2, -0.15) is 18.2 Å². The fourth-order valence-electron chi connectivity index (χ4n) is 4.81. The molecule has 1 saturated carbocycles. The number of alkyl halides is 3. The minimum atomic E-state index is -4.38. The standard InChI is InChI=1S/C28H30F3N5O/c1-36(2)26-23-8-3-4-9-24(23)34-27(35-26)33-21-12-10-20(11-13-21)32-17-22-14-15-25(37-22)18-6-5-7-19(16-18)28(29,30)31/h3-9,14-16,20-21,32H,10-13,17H2,1-2H3,(H,33,34,35)/t20-,21+. The van der Waals surface area contributed by atoms with Gasteiger partial charge in [-0.05, 0) is 62.1 Å². The molecule has 0 amide bonds. The molecule has 0 radical (unpaired) electrons. The highest BCUT2D eigenvalue weighted by atomic mass is 19.4. The molecule has 4 aromatic rings. The normalized spacial score (nSPS) is 18.2. The van der Waals surface area contributed by atoms with E-state index < -0.39 is 11.7 Å². The fraction of sp³-hybridized carbons (Fsp3) is 0.357. The van der Waals surface area contributed by atoms with Crippen molar-refractivity contribution in [2.24, 2.45) is 0 Å². The van der Waals surface area contributed by atoms with Crippen LogP contribution in [0.25, 0.3) is 22.2 Å². The van der Waals surface area contributed by atoms with E-state index >= 15 is 0 Å². The highest BCUT2D eigenvalue weighted by Gasteiger charge is 2.30. The van der Waals surface area contributed by atoms with Crippen molar-refractivity contribution >= 4 is 22.7 Å². The van der Waals surface area contributed by atoms with Crippen molar-refractivity contribution in [2.75, 3.05) is 24.3 Å². The maximum atomic E-state index is 13.0. The number of benzene rings is 2. The summed E-state index contributed by atoms with van der Waals surface area (Å²) in [6.07, 6.45) is -0.423. The molecule has 5 rings (SSSR count). The first-order valence-electron chi connectivity index (χ1n) is 12.5. The van der Waals surface area contributed by atoms with Gasteiger partial charge in [0.1, 0.15) is 17.3 Å². The molecular formula is C28H30F3N5O. The highest BCUT2D eigenvalue weighted by Crippen LogP contribution is 2.33. The molecule has 0 aliphatic heterocycles. The zero-order chi connectivity index (χ0) is 26.0. The molecule has 0 unspecified atom stereocenters. The van der Waals surface area contributed by atoms with Gasteiger partial charge in [0.2, 0.25) is 5.95 Å². The lowest BCUT2D eigenvalue weighted by Gasteiger charge is -2.30. The molecule has 0 saturated heterocycles. The Morgan fingerprint density at radius 1 is 0.919 bits per heavy atom. The van der Waals surface area contributed by atoms with Crippen molar-refractivity contribution in [3.05, 3.63) is 72.0 Å². The van der Waals surface area contributed by atoms with Crippen molar-refractivity contribution in [1.29, 1.82) is 0 Å². The largest absolute Gasteiger partial charge is 0.460 e. The number of aromatic nitrogens is 2. The van der Waals surface area contributed by atoms with E-state index in [1.54, 1.807) is 12.1 Å². The summed E-state index contributed by atoms with van der Waals surface area (Å²) in [6.45, 7) is 0.529. The molecule has 2 aromatic heterocycles. The second kappa shape index (κ2) is 10.4. The molecule has 2 N–H and O–H groups in total. The van der Waals surface area contributed by atoms with E-state index in [4.69, 9.17) is 14.4 Å². The van der Waals surface area contributed by atoms with Crippen LogP contribution in [0.5, 0.6) is 0 Å². The first kappa shape index (κ1) is 25.1. The third-order valence-corrected chi connectivity index (χ3v) is 6.77. The maximum absolute atomic E-state index is 13.0. The summed E-state index contributed by atoms with van der Waals surface area (Å²) in [5, 5.41) is 8.08. The van der Waals surface area contributed by atoms with Crippen LogP contribution in [0.1, 0.15) is 37.0 Å². The molecule has 1 fully saturated rings. The number of para-hydroxylation sites is 1. The van der Waals surface area contributed by atoms with Crippen molar-refractivity contribution in [1.82, 2.24) is 15.3 Å². The second-order valence-electron chi connectivity index (χ2n) is 9.70. The molecule has 0 spiro atoms. The van der Waals surface area contributed by atoms with Crippen LogP contribution in [0.15, 0.2) is 65.1 Å². The second-order valence-corrected chi connectivity index (χ2v) is 9.70. The molecule has 2 heterocycles. The first-order valence-corrected chi connectivity index (χ1v) is 12.5. The third kappa shape index (κ3) is 5.88. The summed E-state index contributed by atoms with van der Waals surface area (Å²) in [6, 6.07) is 17.4. The van der Waals surface area contributed by atoms with Crippen LogP contribution in [-0.2, 0) is 12.7 Å². The van der Waals surface area contributed by atoms with Gasteiger partial charge in [0, 0.05) is 37.1 Å². The quantitative estimate of drug-likeness (QED) is 0.297. The summed E-state index contributed by atoms with van der Waals surface area (Å²) >= 11 is 0. The predicted octanol–water partition coefficient (Wildman–Crippen LogP) is 6.49. The number of hydrogen-bond acceptors (Lipinski definition) is 6. The van der Waals surface area contributed by atoms with Crippen LogP contribution in [0, 0.1) is 0 Å². The van der Waals surface area contributed by atoms with Gasteiger partial charge in [-0.3, -0.25) is 0 Å². The van der Waals surface area contributed by atoms with E-state index in [1.807, 2.05) is 49.3 Å². The van der Waals surface area contributed by atoms with Crippen LogP contribution in [0.2, 0.25) is 0 Å². The maximum Gasteiger partial charge on any atom is 0.416 e. The van der Waals surface area contributed by atoms with E-state index in [0.717, 1.165) is 54.5 Å². The average molecular weight is 510 g/mol. The Kier molecular flexibility index (Phi) is 7.06. The molecule has 6 nitrogen and oxygen atoms in total. The van der Waals surface area contributed by atoms with Crippen LogP contribution in [0.3, 0.4) is 0 Å². The first-order chi connectivity index (χ1) is 17.8. The summed E-state index contributed by atoms with van der Waals surface area (Å²) in [5.41, 5.74) is 0.654. The van der Waals surface area contributed by atoms with E-state index in [9.17, 15) is 13.2 Å². The molecule has 194 valence electrons. The van der Waals surface area contributed by atoms with Gasteiger partial charge in [0.25, 0.3) is 0 Å². The third-order valence-electron chi connectivity index (χ3n) is 6.77. The molecule has 1 aliphatic rings. The lowest BCUT2D eigenvalue weighted by atomic mass is 9.91. The van der Waals surface area contributed by atoms with Crippen LogP contribution < -0.4 is 15.5 Å². The Balaban J connectivity index is 1.15. The van der Waals surface area contributed by atoms with Gasteiger partial charge < -0.3 is 20.0 Å². The molecule has 37 heavy (non-hydrogen) atoms. The van der Waals surface area contributed by atoms with E-state index in [1.165, 1.54) is 6.07 Å². The molecule has 0 atom stereocenters. The Hall–Kier alpha value is -3.59. The van der Waals surface area contributed by atoms with Crippen LogP contribution in [0.4, 0.5) is 24.9 Å². The Morgan fingerprint density at radius 2 is 1.68 bits per heavy atom. The van der Waals surface area contributed by atoms with Crippen molar-refractivity contribution in [3.63, 3.8) is 0 Å². The number of hydrogen-bond donors (Lipinski definition) is 2. The predicted molar refractivity (Wildman–Crippen MR) is 140 cm³/mol. The number of anilines is 2. The average Bonchev–Trinajstić information content (AvgIpc) is 3.36. The van der Waals surface area contributed by atoms with Crippen molar-refractivity contribution in [2.45, 2.75) is 50.5 Å². The van der Waals surface area contributed by atoms with E-state index in [2.05, 4.69) is 10.6 Å². The number of halogens is 3. The number of fused-ring (bicyclic) bond motifs is 1. The van der Waals surface area contributed by atoms with Crippen molar-refractivity contribution < 1.29 is 17.6 Å². The summed E-state index contributed by atoms with van der Waals surface area (Å²) < 4.78 is 44.9. The fourth-order valence-corrected chi connectivity index (χ4v) is 4.81. The van der Waals surface area contributed by atoms with Gasteiger partial charge in [-0.1, -0.05) is 24.3 Å². The molecule has 9 heteroatoms. The van der Waals surface area contributed by atoms with Gasteiger partial charge in [0.05, 0.1) is 17.6 Å². The number of nitrogens with one attached hydrogen (secondary N) is 2. The SMILES string of the molecule is CN(C)c1nc(N[C@H]2CC[C@@H](NCc3ccc(-c4cccc(C(F)(F)F)c4)o3)CC2)nc2ccccc12. The molecule has 2 aromatic carbocycles. The summed E-state index contributed by atoms with van der Waals surface area (Å²) in [4.78, 5) is 11.5. The Bertz CT molecular complexity index is 1360. The molecule has 1 aliphatic carbocycles. The number of nitrogens with zero attached hydrogens (tertiary/aromatic N) is 3. The highest BCUT2D eigenvalue weighted by molar-refractivity contribution is 5.90. The minimum Gasteiger partial charge on any atom is -0.460 e. The van der Waals surface area contributed by atoms with Crippen LogP contribution in [-0.4, -0.2) is 36.1 Å². The Morgan fingerprint density at radius 3 is 2.43 bits per heavy atom. The topological polar surface area (TPSA) is 66.2 Å². The lowest BCUT2D eigenvalue weighted by Crippen LogP contribution is -2.36. The molecule has 0 bridgehead atoms. The summed E-state index contributed by atoms with van der Waals surface area (Å²) in [5.74, 6) is 2.68. The van der Waals surface area contributed by atoms with Gasteiger partial charge in [-0.25, -0.2) is 4.98 Å². The van der Waals surface area contributed by atoms with Gasteiger partial charge >= 0.3 is 6.18 Å².